The first kappa shape index (κ1) is 28.3. The number of aliphatic imine (C=N–C) groups is 1. The van der Waals surface area contributed by atoms with Crippen molar-refractivity contribution in [1.29, 1.82) is 0 Å². The van der Waals surface area contributed by atoms with Gasteiger partial charge in [0.15, 0.2) is 0 Å². The number of hydrogen-bond donors (Lipinski definition) is 2. The summed E-state index contributed by atoms with van der Waals surface area (Å²) in [5.41, 5.74) is 2.72. The van der Waals surface area contributed by atoms with Crippen molar-refractivity contribution in [3.8, 4) is 0 Å². The van der Waals surface area contributed by atoms with Crippen molar-refractivity contribution in [2.24, 2.45) is 16.8 Å². The fraction of sp³-hybridized carbons (Fsp3) is 0.500. The zero-order valence-electron chi connectivity index (χ0n) is 22.4. The van der Waals surface area contributed by atoms with Gasteiger partial charge in [-0.3, -0.25) is 9.59 Å². The Morgan fingerprint density at radius 1 is 1.16 bits per heavy atom. The number of anilines is 1. The first-order chi connectivity index (χ1) is 18.2. The van der Waals surface area contributed by atoms with Gasteiger partial charge in [-0.1, -0.05) is 75.0 Å². The number of aliphatic hydroxyl groups is 1. The molecule has 0 radical (unpaired) electrons. The zero-order chi connectivity index (χ0) is 27.2. The van der Waals surface area contributed by atoms with Crippen LogP contribution in [0.15, 0.2) is 53.5 Å². The van der Waals surface area contributed by atoms with E-state index in [1.807, 2.05) is 44.2 Å². The normalized spacial score (nSPS) is 19.9. The molecule has 3 atom stereocenters. The van der Waals surface area contributed by atoms with Gasteiger partial charge in [0.1, 0.15) is 0 Å². The maximum atomic E-state index is 13.6. The molecule has 1 fully saturated rings. The SMILES string of the molecule is CC(C)C[C@@H](C(=O)NC1N=C(c2ccccc2)c2cc(Cl)ccc2N(C)C1=O)[C@H](O)COC1CCCCC1. The van der Waals surface area contributed by atoms with Gasteiger partial charge in [0.25, 0.3) is 5.91 Å². The Hall–Kier alpha value is -2.74. The lowest BCUT2D eigenvalue weighted by Gasteiger charge is -2.28. The Bertz CT molecular complexity index is 1150. The maximum absolute atomic E-state index is 13.6. The van der Waals surface area contributed by atoms with Crippen LogP contribution in [0, 0.1) is 11.8 Å². The van der Waals surface area contributed by atoms with E-state index in [4.69, 9.17) is 21.3 Å². The van der Waals surface area contributed by atoms with Crippen molar-refractivity contribution < 1.29 is 19.4 Å². The third-order valence-electron chi connectivity index (χ3n) is 7.31. The van der Waals surface area contributed by atoms with Gasteiger partial charge in [-0.25, -0.2) is 4.99 Å². The molecule has 2 aromatic carbocycles. The third kappa shape index (κ3) is 6.82. The smallest absolute Gasteiger partial charge is 0.272 e. The summed E-state index contributed by atoms with van der Waals surface area (Å²) >= 11 is 6.33. The quantitative estimate of drug-likeness (QED) is 0.471. The second-order valence-electron chi connectivity index (χ2n) is 10.7. The second-order valence-corrected chi connectivity index (χ2v) is 11.1. The average molecular weight is 540 g/mol. The molecule has 1 aliphatic heterocycles. The van der Waals surface area contributed by atoms with Crippen LogP contribution in [0.1, 0.15) is 63.5 Å². The van der Waals surface area contributed by atoms with Crippen LogP contribution in [-0.4, -0.2) is 54.7 Å². The Morgan fingerprint density at radius 3 is 2.55 bits per heavy atom. The number of benzene rings is 2. The largest absolute Gasteiger partial charge is 0.390 e. The van der Waals surface area contributed by atoms with Crippen molar-refractivity contribution in [3.05, 3.63) is 64.7 Å². The lowest BCUT2D eigenvalue weighted by molar-refractivity contribution is -0.135. The number of carbonyl (C=O) groups excluding carboxylic acids is 2. The van der Waals surface area contributed by atoms with E-state index in [0.717, 1.165) is 31.2 Å². The van der Waals surface area contributed by atoms with Crippen LogP contribution in [-0.2, 0) is 14.3 Å². The number of nitrogens with one attached hydrogen (secondary N) is 1. The molecule has 4 rings (SSSR count). The predicted molar refractivity (Wildman–Crippen MR) is 151 cm³/mol. The van der Waals surface area contributed by atoms with E-state index in [-0.39, 0.29) is 24.5 Å². The number of ether oxygens (including phenoxy) is 1. The standard InChI is InChI=1S/C30H38ClN3O4/c1-19(2)16-24(26(35)18-38-22-12-8-5-9-13-22)29(36)33-28-30(37)34(3)25-15-14-21(31)17-23(25)27(32-28)20-10-6-4-7-11-20/h4,6-7,10-11,14-15,17,19,22,24,26,28,35H,5,8-9,12-13,16,18H2,1-3H3,(H,33,36)/t24-,26-,28?/m1/s1. The van der Waals surface area contributed by atoms with Gasteiger partial charge in [0, 0.05) is 23.2 Å². The Kier molecular flexibility index (Phi) is 9.58. The number of hydrogen-bond acceptors (Lipinski definition) is 5. The van der Waals surface area contributed by atoms with Gasteiger partial charge in [-0.15, -0.1) is 0 Å². The predicted octanol–water partition coefficient (Wildman–Crippen LogP) is 4.97. The fourth-order valence-electron chi connectivity index (χ4n) is 5.24. The summed E-state index contributed by atoms with van der Waals surface area (Å²) in [6.45, 7) is 4.10. The molecule has 1 heterocycles. The van der Waals surface area contributed by atoms with Gasteiger partial charge in [0.2, 0.25) is 12.1 Å². The minimum atomic E-state index is -1.16. The molecule has 8 heteroatoms. The highest BCUT2D eigenvalue weighted by Gasteiger charge is 2.35. The number of likely N-dealkylation sites (N-methyl/N-ethyl adjacent to an activating group) is 1. The zero-order valence-corrected chi connectivity index (χ0v) is 23.2. The summed E-state index contributed by atoms with van der Waals surface area (Å²) in [5, 5.41) is 14.4. The molecule has 38 heavy (non-hydrogen) atoms. The molecule has 7 nitrogen and oxygen atoms in total. The minimum absolute atomic E-state index is 0.0937. The van der Waals surface area contributed by atoms with E-state index >= 15 is 0 Å². The number of halogens is 1. The molecular weight excluding hydrogens is 502 g/mol. The highest BCUT2D eigenvalue weighted by atomic mass is 35.5. The molecule has 2 N–H and O–H groups in total. The monoisotopic (exact) mass is 539 g/mol. The molecule has 2 amide bonds. The first-order valence-corrected chi connectivity index (χ1v) is 13.9. The Balaban J connectivity index is 1.60. The third-order valence-corrected chi connectivity index (χ3v) is 7.54. The molecule has 1 aliphatic carbocycles. The molecule has 0 spiro atoms. The first-order valence-electron chi connectivity index (χ1n) is 13.6. The summed E-state index contributed by atoms with van der Waals surface area (Å²) in [6, 6.07) is 14.8. The number of rotatable bonds is 9. The van der Waals surface area contributed by atoms with E-state index < -0.39 is 24.1 Å². The summed E-state index contributed by atoms with van der Waals surface area (Å²) in [5.74, 6) is -1.35. The molecule has 1 saturated carbocycles. The molecule has 1 unspecified atom stereocenters. The molecule has 2 aromatic rings. The Labute approximate surface area is 230 Å². The van der Waals surface area contributed by atoms with Gasteiger partial charge in [-0.05, 0) is 43.4 Å². The maximum Gasteiger partial charge on any atom is 0.272 e. The summed E-state index contributed by atoms with van der Waals surface area (Å²) < 4.78 is 5.99. The summed E-state index contributed by atoms with van der Waals surface area (Å²) in [6.07, 6.45) is 3.89. The summed E-state index contributed by atoms with van der Waals surface area (Å²) in [4.78, 5) is 33.4. The number of benzodiazepines with no additional fused rings is 1. The van der Waals surface area contributed by atoms with Crippen LogP contribution in [0.25, 0.3) is 0 Å². The molecule has 204 valence electrons. The number of aliphatic hydroxyl groups excluding tert-OH is 1. The molecule has 2 aliphatic rings. The van der Waals surface area contributed by atoms with Crippen molar-refractivity contribution in [1.82, 2.24) is 5.32 Å². The number of carbonyl (C=O) groups is 2. The molecular formula is C30H38ClN3O4. The van der Waals surface area contributed by atoms with Crippen LogP contribution in [0.2, 0.25) is 5.02 Å². The van der Waals surface area contributed by atoms with E-state index in [9.17, 15) is 14.7 Å². The van der Waals surface area contributed by atoms with Gasteiger partial charge >= 0.3 is 0 Å². The van der Waals surface area contributed by atoms with E-state index in [1.54, 1.807) is 25.2 Å². The highest BCUT2D eigenvalue weighted by molar-refractivity contribution is 6.32. The van der Waals surface area contributed by atoms with E-state index in [2.05, 4.69) is 5.32 Å². The van der Waals surface area contributed by atoms with Crippen molar-refractivity contribution in [3.63, 3.8) is 0 Å². The van der Waals surface area contributed by atoms with Gasteiger partial charge < -0.3 is 20.1 Å². The van der Waals surface area contributed by atoms with Gasteiger partial charge in [0.05, 0.1) is 36.1 Å². The number of nitrogens with zero attached hydrogens (tertiary/aromatic N) is 2. The topological polar surface area (TPSA) is 91.2 Å². The highest BCUT2D eigenvalue weighted by Crippen LogP contribution is 2.30. The summed E-state index contributed by atoms with van der Waals surface area (Å²) in [7, 11) is 1.66. The Morgan fingerprint density at radius 2 is 1.87 bits per heavy atom. The van der Waals surface area contributed by atoms with Crippen molar-refractivity contribution in [2.45, 2.75) is 70.7 Å². The molecule has 0 bridgehead atoms. The van der Waals surface area contributed by atoms with E-state index in [0.29, 0.717) is 28.4 Å². The number of fused-ring (bicyclic) bond motifs is 1. The van der Waals surface area contributed by atoms with Crippen LogP contribution >= 0.6 is 11.6 Å². The van der Waals surface area contributed by atoms with Crippen LogP contribution in [0.5, 0.6) is 0 Å². The van der Waals surface area contributed by atoms with Crippen molar-refractivity contribution in [2.75, 3.05) is 18.6 Å². The number of amides is 2. The van der Waals surface area contributed by atoms with Crippen LogP contribution in [0.3, 0.4) is 0 Å². The second kappa shape index (κ2) is 12.9. The minimum Gasteiger partial charge on any atom is -0.390 e. The fourth-order valence-corrected chi connectivity index (χ4v) is 5.41. The van der Waals surface area contributed by atoms with Gasteiger partial charge in [-0.2, -0.15) is 0 Å². The lowest BCUT2D eigenvalue weighted by atomic mass is 9.91. The molecule has 0 aromatic heterocycles. The van der Waals surface area contributed by atoms with Crippen molar-refractivity contribution >= 4 is 34.8 Å². The molecule has 0 saturated heterocycles. The van der Waals surface area contributed by atoms with E-state index in [1.165, 1.54) is 11.3 Å². The van der Waals surface area contributed by atoms with Crippen LogP contribution in [0.4, 0.5) is 5.69 Å². The average Bonchev–Trinajstić information content (AvgIpc) is 3.01. The lowest BCUT2D eigenvalue weighted by Crippen LogP contribution is -2.50. The van der Waals surface area contributed by atoms with Crippen LogP contribution < -0.4 is 10.2 Å².